The summed E-state index contributed by atoms with van der Waals surface area (Å²) in [4.78, 5) is 39.1. The highest BCUT2D eigenvalue weighted by atomic mass is 16.2. The molecule has 0 saturated carbocycles. The molecule has 0 atom stereocenters. The van der Waals surface area contributed by atoms with Gasteiger partial charge < -0.3 is 48.3 Å². The minimum absolute atomic E-state index is 0.0180. The van der Waals surface area contributed by atoms with Crippen molar-refractivity contribution in [2.45, 2.75) is 39.2 Å². The van der Waals surface area contributed by atoms with E-state index in [1.807, 2.05) is 147 Å². The Morgan fingerprint density at radius 1 is 0.443 bits per heavy atom. The molecule has 0 aromatic heterocycles. The SMILES string of the molecule is CC(C)NC(=O)c1ccc(Nc2ccccc2)c(NCCCNC(=O)c2ccc(Nc3ccccc3)c(NCCCCNC(=O)c3ccc(Nc4ccccc4)c(N)c3)c2)c1. The van der Waals surface area contributed by atoms with E-state index < -0.39 is 0 Å². The summed E-state index contributed by atoms with van der Waals surface area (Å²) in [5, 5.41) is 26.1. The molecule has 0 saturated heterocycles. The molecule has 0 radical (unpaired) electrons. The van der Waals surface area contributed by atoms with Crippen LogP contribution >= 0.6 is 0 Å². The van der Waals surface area contributed by atoms with Gasteiger partial charge >= 0.3 is 0 Å². The van der Waals surface area contributed by atoms with E-state index >= 15 is 0 Å². The molecule has 0 aliphatic heterocycles. The number of nitrogen functional groups attached to an aromatic ring is 1. The van der Waals surface area contributed by atoms with Gasteiger partial charge in [-0.25, -0.2) is 0 Å². The molecule has 12 nitrogen and oxygen atoms in total. The molecule has 0 unspecified atom stereocenters. The number of carbonyl (C=O) groups is 3. The second kappa shape index (κ2) is 22.1. The van der Waals surface area contributed by atoms with Crippen molar-refractivity contribution in [3.05, 3.63) is 162 Å². The summed E-state index contributed by atoms with van der Waals surface area (Å²) in [5.41, 5.74) is 15.1. The summed E-state index contributed by atoms with van der Waals surface area (Å²) in [7, 11) is 0. The van der Waals surface area contributed by atoms with Crippen LogP contribution in [0.4, 0.5) is 51.2 Å². The Labute approximate surface area is 358 Å². The van der Waals surface area contributed by atoms with Crippen LogP contribution in [0.15, 0.2) is 146 Å². The van der Waals surface area contributed by atoms with Crippen LogP contribution in [0.3, 0.4) is 0 Å². The average molecular weight is 818 g/mol. The zero-order valence-corrected chi connectivity index (χ0v) is 34.7. The summed E-state index contributed by atoms with van der Waals surface area (Å²) in [6, 6.07) is 45.8. The third kappa shape index (κ3) is 13.3. The van der Waals surface area contributed by atoms with Crippen LogP contribution in [0.5, 0.6) is 0 Å². The Hall–Kier alpha value is -7.47. The number of nitrogens with two attached hydrogens (primary N) is 1. The number of hydrogen-bond acceptors (Lipinski definition) is 9. The van der Waals surface area contributed by atoms with Crippen molar-refractivity contribution in [3.63, 3.8) is 0 Å². The van der Waals surface area contributed by atoms with Crippen LogP contribution < -0.4 is 48.3 Å². The van der Waals surface area contributed by atoms with E-state index in [1.165, 1.54) is 0 Å². The fourth-order valence-corrected chi connectivity index (χ4v) is 6.47. The topological polar surface area (TPSA) is 173 Å². The van der Waals surface area contributed by atoms with Crippen LogP contribution in [-0.2, 0) is 0 Å². The van der Waals surface area contributed by atoms with Gasteiger partial charge in [0, 0.05) is 66.0 Å². The molecule has 6 rings (SSSR count). The highest BCUT2D eigenvalue weighted by Crippen LogP contribution is 2.29. The lowest BCUT2D eigenvalue weighted by molar-refractivity contribution is 0.0937. The van der Waals surface area contributed by atoms with Crippen molar-refractivity contribution in [1.29, 1.82) is 0 Å². The lowest BCUT2D eigenvalue weighted by Gasteiger charge is -2.17. The molecule has 0 heterocycles. The maximum Gasteiger partial charge on any atom is 0.251 e. The van der Waals surface area contributed by atoms with E-state index in [9.17, 15) is 14.4 Å². The van der Waals surface area contributed by atoms with Crippen LogP contribution in [0.1, 0.15) is 64.2 Å². The van der Waals surface area contributed by atoms with Gasteiger partial charge in [0.1, 0.15) is 0 Å². The third-order valence-electron chi connectivity index (χ3n) is 9.61. The van der Waals surface area contributed by atoms with Crippen LogP contribution in [0.25, 0.3) is 0 Å². The Bertz CT molecular complexity index is 2360. The van der Waals surface area contributed by atoms with Crippen LogP contribution in [0, 0.1) is 0 Å². The first-order valence-corrected chi connectivity index (χ1v) is 20.7. The second-order valence-corrected chi connectivity index (χ2v) is 14.9. The van der Waals surface area contributed by atoms with Crippen molar-refractivity contribution in [1.82, 2.24) is 16.0 Å². The largest absolute Gasteiger partial charge is 0.397 e. The normalized spacial score (nSPS) is 10.7. The predicted molar refractivity (Wildman–Crippen MR) is 251 cm³/mol. The smallest absolute Gasteiger partial charge is 0.251 e. The number of carbonyl (C=O) groups excluding carboxylic acids is 3. The van der Waals surface area contributed by atoms with Crippen LogP contribution in [-0.4, -0.2) is 49.9 Å². The van der Waals surface area contributed by atoms with Crippen LogP contribution in [0.2, 0.25) is 0 Å². The van der Waals surface area contributed by atoms with Gasteiger partial charge in [0.15, 0.2) is 0 Å². The summed E-state index contributed by atoms with van der Waals surface area (Å²) in [6.07, 6.45) is 2.18. The van der Waals surface area contributed by atoms with Crippen molar-refractivity contribution in [2.24, 2.45) is 0 Å². The molecule has 10 N–H and O–H groups in total. The molecule has 0 bridgehead atoms. The van der Waals surface area contributed by atoms with E-state index in [0.717, 1.165) is 58.3 Å². The highest BCUT2D eigenvalue weighted by Gasteiger charge is 2.14. The van der Waals surface area contributed by atoms with Gasteiger partial charge in [-0.05, 0) is 124 Å². The average Bonchev–Trinajstić information content (AvgIpc) is 3.27. The quantitative estimate of drug-likeness (QED) is 0.0253. The molecule has 0 spiro atoms. The summed E-state index contributed by atoms with van der Waals surface area (Å²) in [6.45, 7) is 6.01. The molecule has 0 fully saturated rings. The van der Waals surface area contributed by atoms with Gasteiger partial charge in [-0.1, -0.05) is 54.6 Å². The minimum atomic E-state index is -0.181. The van der Waals surface area contributed by atoms with Crippen molar-refractivity contribution in [3.8, 4) is 0 Å². The molecule has 61 heavy (non-hydrogen) atoms. The number of rotatable bonds is 21. The Kier molecular flexibility index (Phi) is 15.6. The van der Waals surface area contributed by atoms with Gasteiger partial charge in [0.25, 0.3) is 17.7 Å². The number of anilines is 9. The molecule has 0 aliphatic carbocycles. The summed E-state index contributed by atoms with van der Waals surface area (Å²) >= 11 is 0. The zero-order valence-electron chi connectivity index (χ0n) is 34.7. The number of amides is 3. The zero-order chi connectivity index (χ0) is 42.8. The number of benzene rings is 6. The number of para-hydroxylation sites is 3. The Morgan fingerprint density at radius 2 is 0.836 bits per heavy atom. The number of nitrogens with one attached hydrogen (secondary N) is 8. The van der Waals surface area contributed by atoms with Gasteiger partial charge in [0.2, 0.25) is 0 Å². The minimum Gasteiger partial charge on any atom is -0.397 e. The van der Waals surface area contributed by atoms with Crippen molar-refractivity contribution < 1.29 is 14.4 Å². The molecule has 6 aromatic rings. The lowest BCUT2D eigenvalue weighted by atomic mass is 10.1. The van der Waals surface area contributed by atoms with Crippen molar-refractivity contribution >= 4 is 68.9 Å². The maximum absolute atomic E-state index is 13.4. The molecule has 6 aromatic carbocycles. The van der Waals surface area contributed by atoms with Gasteiger partial charge in [0.05, 0.1) is 34.1 Å². The molecule has 0 aliphatic rings. The molecular weight excluding hydrogens is 763 g/mol. The van der Waals surface area contributed by atoms with E-state index in [0.29, 0.717) is 55.0 Å². The van der Waals surface area contributed by atoms with E-state index in [4.69, 9.17) is 5.73 Å². The van der Waals surface area contributed by atoms with E-state index in [-0.39, 0.29) is 23.8 Å². The van der Waals surface area contributed by atoms with Gasteiger partial charge in [-0.2, -0.15) is 0 Å². The fourth-order valence-electron chi connectivity index (χ4n) is 6.47. The van der Waals surface area contributed by atoms with E-state index in [2.05, 4.69) is 42.5 Å². The summed E-state index contributed by atoms with van der Waals surface area (Å²) < 4.78 is 0. The first-order chi connectivity index (χ1) is 29.7. The fraction of sp³-hybridized carbons (Fsp3) is 0.204. The van der Waals surface area contributed by atoms with E-state index in [1.54, 1.807) is 12.1 Å². The Morgan fingerprint density at radius 3 is 1.31 bits per heavy atom. The lowest BCUT2D eigenvalue weighted by Crippen LogP contribution is -2.30. The molecule has 314 valence electrons. The first kappa shape index (κ1) is 43.1. The summed E-state index contributed by atoms with van der Waals surface area (Å²) in [5.74, 6) is -0.499. The van der Waals surface area contributed by atoms with Gasteiger partial charge in [-0.15, -0.1) is 0 Å². The van der Waals surface area contributed by atoms with Crippen molar-refractivity contribution in [2.75, 3.05) is 58.5 Å². The number of unbranched alkanes of at least 4 members (excludes halogenated alkanes) is 1. The molecular formula is C49H55N9O3. The maximum atomic E-state index is 13.4. The number of hydrogen-bond donors (Lipinski definition) is 9. The monoisotopic (exact) mass is 817 g/mol. The molecule has 12 heteroatoms. The third-order valence-corrected chi connectivity index (χ3v) is 9.61. The predicted octanol–water partition coefficient (Wildman–Crippen LogP) is 9.49. The Balaban J connectivity index is 0.996. The second-order valence-electron chi connectivity index (χ2n) is 14.9. The highest BCUT2D eigenvalue weighted by molar-refractivity contribution is 5.98. The first-order valence-electron chi connectivity index (χ1n) is 20.7. The standard InChI is InChI=1S/C49H55N9O3/c1-34(2)55-49(61)37-23-26-44(58-40-19-10-5-11-20-40)46(33-37)52-29-14-30-54-48(60)36-22-25-43(57-39-17-8-4-9-18-39)45(32-36)51-27-12-13-28-53-47(59)35-21-24-42(41(50)31-35)56-38-15-6-3-7-16-38/h3-11,15-26,31-34,51-52,56-58H,12-14,27-30,50H2,1-2H3,(H,53,59)(H,54,60)(H,55,61). The molecule has 3 amide bonds. The van der Waals surface area contributed by atoms with Gasteiger partial charge in [-0.3, -0.25) is 14.4 Å².